The Morgan fingerprint density at radius 3 is 1.90 bits per heavy atom. The van der Waals surface area contributed by atoms with Crippen LogP contribution in [0.25, 0.3) is 0 Å². The van der Waals surface area contributed by atoms with Gasteiger partial charge in [0.15, 0.2) is 5.78 Å². The van der Waals surface area contributed by atoms with Crippen LogP contribution in [0.3, 0.4) is 0 Å². The van der Waals surface area contributed by atoms with Crippen molar-refractivity contribution in [3.05, 3.63) is 23.9 Å². The summed E-state index contributed by atoms with van der Waals surface area (Å²) in [5, 5.41) is 9.02. The number of rotatable bonds is 7. The Hall–Kier alpha value is -2.22. The van der Waals surface area contributed by atoms with E-state index in [0.29, 0.717) is 0 Å². The predicted octanol–water partition coefficient (Wildman–Crippen LogP) is 2.05. The molecule has 0 radical (unpaired) electrons. The second-order valence-electron chi connectivity index (χ2n) is 5.92. The summed E-state index contributed by atoms with van der Waals surface area (Å²) >= 11 is 0. The molecule has 0 spiro atoms. The average Bonchev–Trinajstić information content (AvgIpc) is 2.31. The maximum atomic E-state index is 12.0. The molecular formula is C16H22N2O3. The van der Waals surface area contributed by atoms with Gasteiger partial charge < -0.3 is 4.90 Å². The van der Waals surface area contributed by atoms with Crippen LogP contribution < -0.4 is 0 Å². The quantitative estimate of drug-likeness (QED) is 0.407. The van der Waals surface area contributed by atoms with E-state index in [1.54, 1.807) is 20.8 Å². The average molecular weight is 290 g/mol. The maximum absolute atomic E-state index is 12.0. The monoisotopic (exact) mass is 290 g/mol. The zero-order valence-electron chi connectivity index (χ0n) is 13.3. The number of hydrogen-bond acceptors (Lipinski definition) is 5. The fraction of sp³-hybridized carbons (Fsp3) is 0.500. The summed E-state index contributed by atoms with van der Waals surface area (Å²) in [7, 11) is 0. The minimum Gasteiger partial charge on any atom is -0.363 e. The van der Waals surface area contributed by atoms with E-state index >= 15 is 0 Å². The zero-order chi connectivity index (χ0) is 16.6. The summed E-state index contributed by atoms with van der Waals surface area (Å²) in [5.74, 6) is -0.397. The van der Waals surface area contributed by atoms with Gasteiger partial charge >= 0.3 is 0 Å². The molecule has 5 nitrogen and oxygen atoms in total. The fourth-order valence-corrected chi connectivity index (χ4v) is 1.56. The van der Waals surface area contributed by atoms with Crippen LogP contribution in [0.2, 0.25) is 0 Å². The highest BCUT2D eigenvalue weighted by molar-refractivity contribution is 6.02. The molecule has 0 aliphatic carbocycles. The van der Waals surface area contributed by atoms with Gasteiger partial charge in [0.25, 0.3) is 0 Å². The summed E-state index contributed by atoms with van der Waals surface area (Å²) in [6, 6.07) is 1.87. The molecule has 0 amide bonds. The van der Waals surface area contributed by atoms with Crippen LogP contribution in [0.15, 0.2) is 23.9 Å². The highest BCUT2D eigenvalue weighted by atomic mass is 16.1. The first-order chi connectivity index (χ1) is 9.57. The van der Waals surface area contributed by atoms with Gasteiger partial charge in [-0.1, -0.05) is 20.8 Å². The van der Waals surface area contributed by atoms with Gasteiger partial charge in [0, 0.05) is 11.6 Å². The Morgan fingerprint density at radius 2 is 1.57 bits per heavy atom. The van der Waals surface area contributed by atoms with Gasteiger partial charge in [-0.05, 0) is 26.0 Å². The van der Waals surface area contributed by atoms with E-state index in [-0.39, 0.29) is 36.0 Å². The first-order valence-electron chi connectivity index (χ1n) is 6.64. The van der Waals surface area contributed by atoms with E-state index in [1.807, 2.05) is 6.07 Å². The van der Waals surface area contributed by atoms with E-state index in [9.17, 15) is 14.4 Å². The SMILES string of the molecule is CC(=O)CN(/C=C/C=C(\C#N)C(=O)C(C)(C)C)CC(C)=O. The molecular weight excluding hydrogens is 268 g/mol. The highest BCUT2D eigenvalue weighted by Gasteiger charge is 2.24. The Bertz CT molecular complexity index is 501. The molecule has 5 heteroatoms. The van der Waals surface area contributed by atoms with Crippen LogP contribution in [-0.4, -0.2) is 35.3 Å². The second kappa shape index (κ2) is 8.15. The topological polar surface area (TPSA) is 78.2 Å². The molecule has 0 aromatic heterocycles. The first kappa shape index (κ1) is 18.8. The third-order valence-electron chi connectivity index (χ3n) is 2.46. The fourth-order valence-electron chi connectivity index (χ4n) is 1.56. The van der Waals surface area contributed by atoms with E-state index in [2.05, 4.69) is 0 Å². The van der Waals surface area contributed by atoms with Crippen LogP contribution in [0.5, 0.6) is 0 Å². The lowest BCUT2D eigenvalue weighted by Gasteiger charge is -2.17. The van der Waals surface area contributed by atoms with E-state index in [4.69, 9.17) is 5.26 Å². The molecule has 0 saturated carbocycles. The summed E-state index contributed by atoms with van der Waals surface area (Å²) in [6.45, 7) is 8.30. The van der Waals surface area contributed by atoms with Crippen LogP contribution in [0, 0.1) is 16.7 Å². The molecule has 0 heterocycles. The highest BCUT2D eigenvalue weighted by Crippen LogP contribution is 2.19. The van der Waals surface area contributed by atoms with Gasteiger partial charge in [0.05, 0.1) is 18.7 Å². The number of Topliss-reactive ketones (excluding diaryl/α,β-unsaturated/α-hetero) is 3. The molecule has 0 aromatic rings. The number of nitriles is 1. The number of allylic oxidation sites excluding steroid dienone is 3. The minimum absolute atomic E-state index is 0.0457. The summed E-state index contributed by atoms with van der Waals surface area (Å²) < 4.78 is 0. The summed E-state index contributed by atoms with van der Waals surface area (Å²) in [5.41, 5.74) is -0.585. The molecule has 0 saturated heterocycles. The normalized spacial score (nSPS) is 12.1. The molecule has 0 unspecified atom stereocenters. The molecule has 0 bridgehead atoms. The molecule has 0 fully saturated rings. The largest absolute Gasteiger partial charge is 0.363 e. The molecule has 0 rings (SSSR count). The number of nitrogens with zero attached hydrogens (tertiary/aromatic N) is 2. The lowest BCUT2D eigenvalue weighted by molar-refractivity contribution is -0.122. The first-order valence-corrected chi connectivity index (χ1v) is 6.64. The van der Waals surface area contributed by atoms with Crippen LogP contribution in [-0.2, 0) is 14.4 Å². The van der Waals surface area contributed by atoms with Crippen molar-refractivity contribution < 1.29 is 14.4 Å². The number of hydrogen-bond donors (Lipinski definition) is 0. The lowest BCUT2D eigenvalue weighted by atomic mass is 9.86. The van der Waals surface area contributed by atoms with Crippen LogP contribution in [0.4, 0.5) is 0 Å². The third-order valence-corrected chi connectivity index (χ3v) is 2.46. The lowest BCUT2D eigenvalue weighted by Crippen LogP contribution is -2.28. The smallest absolute Gasteiger partial charge is 0.178 e. The van der Waals surface area contributed by atoms with Crippen molar-refractivity contribution in [3.8, 4) is 6.07 Å². The van der Waals surface area contributed by atoms with Crippen molar-refractivity contribution in [1.29, 1.82) is 5.26 Å². The Labute approximate surface area is 125 Å². The van der Waals surface area contributed by atoms with Gasteiger partial charge in [0.2, 0.25) is 0 Å². The van der Waals surface area contributed by atoms with Crippen LogP contribution in [0.1, 0.15) is 34.6 Å². The Kier molecular flexibility index (Phi) is 7.29. The Balaban J connectivity index is 5.07. The van der Waals surface area contributed by atoms with Crippen molar-refractivity contribution in [3.63, 3.8) is 0 Å². The molecule has 21 heavy (non-hydrogen) atoms. The van der Waals surface area contributed by atoms with Gasteiger partial charge in [0.1, 0.15) is 17.6 Å². The molecule has 0 aromatic carbocycles. The van der Waals surface area contributed by atoms with Crippen molar-refractivity contribution in [2.45, 2.75) is 34.6 Å². The minimum atomic E-state index is -0.631. The second-order valence-corrected chi connectivity index (χ2v) is 5.92. The molecule has 0 N–H and O–H groups in total. The molecule has 114 valence electrons. The summed E-state index contributed by atoms with van der Waals surface area (Å²) in [4.78, 5) is 35.8. The zero-order valence-corrected chi connectivity index (χ0v) is 13.3. The third kappa shape index (κ3) is 7.83. The molecule has 0 atom stereocenters. The van der Waals surface area contributed by atoms with Gasteiger partial charge in [-0.25, -0.2) is 0 Å². The van der Waals surface area contributed by atoms with Gasteiger partial charge in [-0.3, -0.25) is 14.4 Å². The predicted molar refractivity (Wildman–Crippen MR) is 80.2 cm³/mol. The summed E-state index contributed by atoms with van der Waals surface area (Å²) in [6.07, 6.45) is 4.45. The van der Waals surface area contributed by atoms with E-state index in [1.165, 1.54) is 37.1 Å². The number of ketones is 3. The van der Waals surface area contributed by atoms with Crippen molar-refractivity contribution >= 4 is 17.3 Å². The van der Waals surface area contributed by atoms with Crippen molar-refractivity contribution in [2.24, 2.45) is 5.41 Å². The van der Waals surface area contributed by atoms with Crippen molar-refractivity contribution in [1.82, 2.24) is 4.90 Å². The Morgan fingerprint density at radius 1 is 1.10 bits per heavy atom. The maximum Gasteiger partial charge on any atom is 0.178 e. The van der Waals surface area contributed by atoms with Crippen molar-refractivity contribution in [2.75, 3.05) is 13.1 Å². The number of carbonyl (C=O) groups is 3. The molecule has 0 aliphatic heterocycles. The van der Waals surface area contributed by atoms with Crippen LogP contribution >= 0.6 is 0 Å². The van der Waals surface area contributed by atoms with E-state index in [0.717, 1.165) is 0 Å². The number of carbonyl (C=O) groups excluding carboxylic acids is 3. The van der Waals surface area contributed by atoms with E-state index < -0.39 is 5.41 Å². The van der Waals surface area contributed by atoms with Gasteiger partial charge in [-0.15, -0.1) is 0 Å². The van der Waals surface area contributed by atoms with Gasteiger partial charge in [-0.2, -0.15) is 5.26 Å². The standard InChI is InChI=1S/C16H22N2O3/c1-12(19)10-18(11-13(2)20)8-6-7-14(9-17)15(21)16(3,4)5/h6-8H,10-11H2,1-5H3/b8-6+,14-7+. The molecule has 0 aliphatic rings.